The number of fused-ring (bicyclic) bond motifs is 1. The standard InChI is InChI=1S/C16H22ClFN2/c1-12(2)5-3-4-10-20-15-7-6-13(18)11-14(15)19-16(20)8-9-17/h6-7,11-12H,3-5,8-10H2,1-2H3. The van der Waals surface area contributed by atoms with Crippen LogP contribution in [0.25, 0.3) is 11.0 Å². The second kappa shape index (κ2) is 7.07. The first-order valence-electron chi connectivity index (χ1n) is 7.32. The average Bonchev–Trinajstić information content (AvgIpc) is 2.72. The molecule has 2 rings (SSSR count). The molecule has 0 aliphatic rings. The van der Waals surface area contributed by atoms with Crippen LogP contribution in [0.3, 0.4) is 0 Å². The number of halogens is 2. The predicted octanol–water partition coefficient (Wildman–Crippen LogP) is 4.78. The van der Waals surface area contributed by atoms with E-state index in [1.165, 1.54) is 25.0 Å². The maximum atomic E-state index is 13.3. The molecule has 2 nitrogen and oxygen atoms in total. The first-order valence-corrected chi connectivity index (χ1v) is 7.86. The number of benzene rings is 1. The van der Waals surface area contributed by atoms with E-state index in [0.717, 1.165) is 42.2 Å². The zero-order valence-electron chi connectivity index (χ0n) is 12.2. The van der Waals surface area contributed by atoms with Crippen molar-refractivity contribution in [2.24, 2.45) is 5.92 Å². The third-order valence-electron chi connectivity index (χ3n) is 3.52. The SMILES string of the molecule is CC(C)CCCCn1c(CCCl)nc2cc(F)ccc21. The van der Waals surface area contributed by atoms with E-state index >= 15 is 0 Å². The van der Waals surface area contributed by atoms with Gasteiger partial charge >= 0.3 is 0 Å². The number of rotatable bonds is 7. The number of alkyl halides is 1. The number of hydrogen-bond acceptors (Lipinski definition) is 1. The number of aryl methyl sites for hydroxylation is 2. The van der Waals surface area contributed by atoms with Gasteiger partial charge < -0.3 is 4.57 Å². The third kappa shape index (κ3) is 3.72. The van der Waals surface area contributed by atoms with Gasteiger partial charge in [-0.1, -0.05) is 26.7 Å². The summed E-state index contributed by atoms with van der Waals surface area (Å²) in [6.45, 7) is 5.42. The van der Waals surface area contributed by atoms with Gasteiger partial charge in [0, 0.05) is 24.9 Å². The van der Waals surface area contributed by atoms with E-state index in [1.807, 2.05) is 6.07 Å². The van der Waals surface area contributed by atoms with E-state index in [1.54, 1.807) is 0 Å². The molecule has 0 aliphatic carbocycles. The molecule has 4 heteroatoms. The number of unbranched alkanes of at least 4 members (excludes halogenated alkanes) is 1. The Bertz CT molecular complexity index is 563. The van der Waals surface area contributed by atoms with Crippen molar-refractivity contribution >= 4 is 22.6 Å². The summed E-state index contributed by atoms with van der Waals surface area (Å²) in [6, 6.07) is 4.81. The molecule has 0 N–H and O–H groups in total. The monoisotopic (exact) mass is 296 g/mol. The van der Waals surface area contributed by atoms with Crippen molar-refractivity contribution in [3.63, 3.8) is 0 Å². The molecule has 20 heavy (non-hydrogen) atoms. The molecule has 0 amide bonds. The highest BCUT2D eigenvalue weighted by Crippen LogP contribution is 2.19. The minimum absolute atomic E-state index is 0.237. The fourth-order valence-corrected chi connectivity index (χ4v) is 2.67. The van der Waals surface area contributed by atoms with E-state index in [0.29, 0.717) is 5.88 Å². The lowest BCUT2D eigenvalue weighted by Crippen LogP contribution is -2.05. The fraction of sp³-hybridized carbons (Fsp3) is 0.562. The van der Waals surface area contributed by atoms with Gasteiger partial charge in [0.2, 0.25) is 0 Å². The van der Waals surface area contributed by atoms with Crippen LogP contribution in [0.5, 0.6) is 0 Å². The van der Waals surface area contributed by atoms with Crippen LogP contribution in [0.1, 0.15) is 38.9 Å². The lowest BCUT2D eigenvalue weighted by atomic mass is 10.1. The van der Waals surface area contributed by atoms with Crippen LogP contribution in [-0.2, 0) is 13.0 Å². The topological polar surface area (TPSA) is 17.8 Å². The van der Waals surface area contributed by atoms with Gasteiger partial charge in [-0.15, -0.1) is 11.6 Å². The van der Waals surface area contributed by atoms with Gasteiger partial charge in [-0.3, -0.25) is 0 Å². The van der Waals surface area contributed by atoms with Crippen molar-refractivity contribution in [2.75, 3.05) is 5.88 Å². The summed E-state index contributed by atoms with van der Waals surface area (Å²) in [6.07, 6.45) is 4.29. The molecule has 0 aliphatic heterocycles. The fourth-order valence-electron chi connectivity index (χ4n) is 2.50. The van der Waals surface area contributed by atoms with Crippen molar-refractivity contribution in [3.8, 4) is 0 Å². The highest BCUT2D eigenvalue weighted by atomic mass is 35.5. The number of hydrogen-bond donors (Lipinski definition) is 0. The largest absolute Gasteiger partial charge is 0.328 e. The molecule has 0 spiro atoms. The van der Waals surface area contributed by atoms with Crippen molar-refractivity contribution in [1.29, 1.82) is 0 Å². The van der Waals surface area contributed by atoms with Crippen LogP contribution in [0.15, 0.2) is 18.2 Å². The molecule has 1 heterocycles. The van der Waals surface area contributed by atoms with Crippen molar-refractivity contribution < 1.29 is 4.39 Å². The van der Waals surface area contributed by atoms with Gasteiger partial charge in [0.05, 0.1) is 11.0 Å². The van der Waals surface area contributed by atoms with Crippen molar-refractivity contribution in [2.45, 2.75) is 46.1 Å². The van der Waals surface area contributed by atoms with Gasteiger partial charge in [0.1, 0.15) is 11.6 Å². The van der Waals surface area contributed by atoms with E-state index in [4.69, 9.17) is 11.6 Å². The molecule has 0 saturated carbocycles. The van der Waals surface area contributed by atoms with Crippen LogP contribution >= 0.6 is 11.6 Å². The Labute approximate surface area is 125 Å². The normalized spacial score (nSPS) is 11.7. The molecule has 0 bridgehead atoms. The maximum absolute atomic E-state index is 13.3. The Kier molecular flexibility index (Phi) is 5.41. The Hall–Kier alpha value is -1.09. The number of imidazole rings is 1. The molecule has 110 valence electrons. The molecule has 0 fully saturated rings. The second-order valence-electron chi connectivity index (χ2n) is 5.64. The first-order chi connectivity index (χ1) is 9.61. The minimum Gasteiger partial charge on any atom is -0.328 e. The van der Waals surface area contributed by atoms with E-state index < -0.39 is 0 Å². The van der Waals surface area contributed by atoms with Crippen LogP contribution in [0.4, 0.5) is 4.39 Å². The molecule has 1 aromatic carbocycles. The molecule has 0 atom stereocenters. The van der Waals surface area contributed by atoms with Gasteiger partial charge in [-0.25, -0.2) is 9.37 Å². The first kappa shape index (κ1) is 15.3. The Morgan fingerprint density at radius 1 is 1.30 bits per heavy atom. The Balaban J connectivity index is 2.17. The highest BCUT2D eigenvalue weighted by molar-refractivity contribution is 6.17. The minimum atomic E-state index is -0.237. The summed E-state index contributed by atoms with van der Waals surface area (Å²) in [5.41, 5.74) is 1.74. The zero-order chi connectivity index (χ0) is 14.5. The average molecular weight is 297 g/mol. The van der Waals surface area contributed by atoms with Crippen LogP contribution in [0, 0.1) is 11.7 Å². The Morgan fingerprint density at radius 3 is 2.80 bits per heavy atom. The molecule has 0 saturated heterocycles. The quantitative estimate of drug-likeness (QED) is 0.531. The smallest absolute Gasteiger partial charge is 0.125 e. The predicted molar refractivity (Wildman–Crippen MR) is 82.8 cm³/mol. The summed E-state index contributed by atoms with van der Waals surface area (Å²) in [5.74, 6) is 2.01. The van der Waals surface area contributed by atoms with E-state index in [2.05, 4.69) is 23.4 Å². The number of aromatic nitrogens is 2. The summed E-state index contributed by atoms with van der Waals surface area (Å²) in [4.78, 5) is 4.52. The van der Waals surface area contributed by atoms with E-state index in [9.17, 15) is 4.39 Å². The maximum Gasteiger partial charge on any atom is 0.125 e. The highest BCUT2D eigenvalue weighted by Gasteiger charge is 2.10. The third-order valence-corrected chi connectivity index (χ3v) is 3.71. The molecule has 1 aromatic heterocycles. The lowest BCUT2D eigenvalue weighted by molar-refractivity contribution is 0.508. The van der Waals surface area contributed by atoms with Crippen LogP contribution in [0.2, 0.25) is 0 Å². The van der Waals surface area contributed by atoms with Gasteiger partial charge in [-0.05, 0) is 24.5 Å². The van der Waals surface area contributed by atoms with Gasteiger partial charge in [0.15, 0.2) is 0 Å². The Morgan fingerprint density at radius 2 is 2.10 bits per heavy atom. The lowest BCUT2D eigenvalue weighted by Gasteiger charge is -2.09. The van der Waals surface area contributed by atoms with Crippen LogP contribution < -0.4 is 0 Å². The molecule has 0 radical (unpaired) electrons. The summed E-state index contributed by atoms with van der Waals surface area (Å²) >= 11 is 5.84. The summed E-state index contributed by atoms with van der Waals surface area (Å²) in [5, 5.41) is 0. The van der Waals surface area contributed by atoms with Crippen LogP contribution in [-0.4, -0.2) is 15.4 Å². The van der Waals surface area contributed by atoms with Crippen molar-refractivity contribution in [1.82, 2.24) is 9.55 Å². The van der Waals surface area contributed by atoms with E-state index in [-0.39, 0.29) is 5.82 Å². The zero-order valence-corrected chi connectivity index (χ0v) is 13.0. The summed E-state index contributed by atoms with van der Waals surface area (Å²) < 4.78 is 15.5. The number of nitrogens with zero attached hydrogens (tertiary/aromatic N) is 2. The second-order valence-corrected chi connectivity index (χ2v) is 6.02. The molecular weight excluding hydrogens is 275 g/mol. The van der Waals surface area contributed by atoms with Crippen molar-refractivity contribution in [3.05, 3.63) is 29.8 Å². The van der Waals surface area contributed by atoms with Gasteiger partial charge in [0.25, 0.3) is 0 Å². The molecular formula is C16H22ClFN2. The summed E-state index contributed by atoms with van der Waals surface area (Å²) in [7, 11) is 0. The molecule has 0 unspecified atom stereocenters. The van der Waals surface area contributed by atoms with Gasteiger partial charge in [-0.2, -0.15) is 0 Å². The molecule has 2 aromatic rings.